The van der Waals surface area contributed by atoms with Gasteiger partial charge in [0.1, 0.15) is 0 Å². The Balaban J connectivity index is 2.57. The van der Waals surface area contributed by atoms with E-state index in [2.05, 4.69) is 26.8 Å². The third-order valence-corrected chi connectivity index (χ3v) is 3.79. The van der Waals surface area contributed by atoms with Crippen LogP contribution in [0.5, 0.6) is 0 Å². The fourth-order valence-corrected chi connectivity index (χ4v) is 2.83. The van der Waals surface area contributed by atoms with E-state index in [9.17, 15) is 4.79 Å². The van der Waals surface area contributed by atoms with Crippen molar-refractivity contribution >= 4 is 5.97 Å². The van der Waals surface area contributed by atoms with Gasteiger partial charge >= 0.3 is 5.97 Å². The number of carbonyl (C=O) groups excluding carboxylic acids is 1. The molecule has 0 saturated carbocycles. The molecular weight excluding hydrogens is 212 g/mol. The number of ether oxygens (including phenoxy) is 1. The number of carbonyl (C=O) groups is 1. The standard InChI is InChI=1S/C15H26O2/c1-5-14(11(3)4)12-7-9-13(10-8-12)15(16)17-6-2/h7,11,13-14H,5-6,8-10H2,1-4H3. The topological polar surface area (TPSA) is 26.3 Å². The van der Waals surface area contributed by atoms with E-state index in [-0.39, 0.29) is 11.9 Å². The van der Waals surface area contributed by atoms with Crippen LogP contribution in [0.4, 0.5) is 0 Å². The zero-order chi connectivity index (χ0) is 12.8. The van der Waals surface area contributed by atoms with Gasteiger partial charge in [0.05, 0.1) is 12.5 Å². The van der Waals surface area contributed by atoms with E-state index in [4.69, 9.17) is 4.74 Å². The average Bonchev–Trinajstić information content (AvgIpc) is 2.30. The van der Waals surface area contributed by atoms with E-state index < -0.39 is 0 Å². The van der Waals surface area contributed by atoms with Crippen molar-refractivity contribution in [3.8, 4) is 0 Å². The van der Waals surface area contributed by atoms with Crippen LogP contribution in [-0.4, -0.2) is 12.6 Å². The Hall–Kier alpha value is -0.790. The molecule has 1 aliphatic carbocycles. The Labute approximate surface area is 105 Å². The lowest BCUT2D eigenvalue weighted by molar-refractivity contribution is -0.148. The van der Waals surface area contributed by atoms with Gasteiger partial charge in [-0.05, 0) is 44.4 Å². The molecule has 2 nitrogen and oxygen atoms in total. The van der Waals surface area contributed by atoms with Crippen LogP contribution in [0.25, 0.3) is 0 Å². The van der Waals surface area contributed by atoms with Crippen molar-refractivity contribution in [2.45, 2.75) is 53.4 Å². The number of esters is 1. The Morgan fingerprint density at radius 2 is 2.18 bits per heavy atom. The minimum Gasteiger partial charge on any atom is -0.466 e. The molecule has 2 unspecified atom stereocenters. The molecule has 0 bridgehead atoms. The summed E-state index contributed by atoms with van der Waals surface area (Å²) < 4.78 is 5.08. The third-order valence-electron chi connectivity index (χ3n) is 3.79. The van der Waals surface area contributed by atoms with Crippen molar-refractivity contribution < 1.29 is 9.53 Å². The highest BCUT2D eigenvalue weighted by atomic mass is 16.5. The summed E-state index contributed by atoms with van der Waals surface area (Å²) in [4.78, 5) is 11.6. The van der Waals surface area contributed by atoms with Crippen molar-refractivity contribution in [3.05, 3.63) is 11.6 Å². The molecule has 0 amide bonds. The zero-order valence-corrected chi connectivity index (χ0v) is 11.7. The molecule has 0 spiro atoms. The van der Waals surface area contributed by atoms with Crippen LogP contribution in [0, 0.1) is 17.8 Å². The van der Waals surface area contributed by atoms with Gasteiger partial charge in [-0.3, -0.25) is 4.79 Å². The first-order valence-corrected chi connectivity index (χ1v) is 6.95. The molecule has 2 heteroatoms. The Bertz CT molecular complexity index is 279. The SMILES string of the molecule is CCOC(=O)C1CC=C(C(CC)C(C)C)CC1. The van der Waals surface area contributed by atoms with E-state index in [0.29, 0.717) is 18.4 Å². The molecule has 0 saturated heterocycles. The maximum atomic E-state index is 11.6. The Morgan fingerprint density at radius 1 is 1.47 bits per heavy atom. The first-order valence-electron chi connectivity index (χ1n) is 6.95. The highest BCUT2D eigenvalue weighted by Gasteiger charge is 2.26. The van der Waals surface area contributed by atoms with E-state index in [1.165, 1.54) is 6.42 Å². The smallest absolute Gasteiger partial charge is 0.309 e. The molecule has 98 valence electrons. The molecule has 0 aromatic heterocycles. The first kappa shape index (κ1) is 14.3. The van der Waals surface area contributed by atoms with Crippen molar-refractivity contribution in [2.75, 3.05) is 6.61 Å². The Kier molecular flexibility index (Phi) is 5.73. The summed E-state index contributed by atoms with van der Waals surface area (Å²) in [6.07, 6.45) is 6.40. The van der Waals surface area contributed by atoms with Crippen molar-refractivity contribution in [1.82, 2.24) is 0 Å². The summed E-state index contributed by atoms with van der Waals surface area (Å²) >= 11 is 0. The highest BCUT2D eigenvalue weighted by Crippen LogP contribution is 2.33. The van der Waals surface area contributed by atoms with E-state index in [0.717, 1.165) is 19.3 Å². The van der Waals surface area contributed by atoms with Crippen LogP contribution in [0.1, 0.15) is 53.4 Å². The summed E-state index contributed by atoms with van der Waals surface area (Å²) in [5.74, 6) is 1.48. The summed E-state index contributed by atoms with van der Waals surface area (Å²) in [6, 6.07) is 0. The summed E-state index contributed by atoms with van der Waals surface area (Å²) in [5, 5.41) is 0. The molecular formula is C15H26O2. The quantitative estimate of drug-likeness (QED) is 0.535. The van der Waals surface area contributed by atoms with Crippen LogP contribution in [-0.2, 0) is 9.53 Å². The maximum Gasteiger partial charge on any atom is 0.309 e. The second-order valence-electron chi connectivity index (χ2n) is 5.26. The number of rotatable bonds is 5. The summed E-state index contributed by atoms with van der Waals surface area (Å²) in [7, 11) is 0. The van der Waals surface area contributed by atoms with Gasteiger partial charge in [0.15, 0.2) is 0 Å². The molecule has 0 N–H and O–H groups in total. The molecule has 0 aromatic carbocycles. The monoisotopic (exact) mass is 238 g/mol. The molecule has 0 heterocycles. The molecule has 2 atom stereocenters. The van der Waals surface area contributed by atoms with Gasteiger partial charge < -0.3 is 4.74 Å². The third kappa shape index (κ3) is 3.86. The second kappa shape index (κ2) is 6.83. The second-order valence-corrected chi connectivity index (χ2v) is 5.26. The molecule has 1 rings (SSSR count). The Morgan fingerprint density at radius 3 is 2.59 bits per heavy atom. The maximum absolute atomic E-state index is 11.6. The van der Waals surface area contributed by atoms with Gasteiger partial charge in [0.2, 0.25) is 0 Å². The summed E-state index contributed by atoms with van der Waals surface area (Å²) in [6.45, 7) is 9.19. The van der Waals surface area contributed by atoms with Crippen LogP contribution in [0.3, 0.4) is 0 Å². The van der Waals surface area contributed by atoms with Crippen molar-refractivity contribution in [2.24, 2.45) is 17.8 Å². The predicted molar refractivity (Wildman–Crippen MR) is 70.7 cm³/mol. The number of allylic oxidation sites excluding steroid dienone is 2. The highest BCUT2D eigenvalue weighted by molar-refractivity contribution is 5.72. The van der Waals surface area contributed by atoms with Gasteiger partial charge in [-0.2, -0.15) is 0 Å². The van der Waals surface area contributed by atoms with Gasteiger partial charge in [-0.15, -0.1) is 0 Å². The van der Waals surface area contributed by atoms with Crippen LogP contribution in [0.15, 0.2) is 11.6 Å². The summed E-state index contributed by atoms with van der Waals surface area (Å²) in [5.41, 5.74) is 1.56. The van der Waals surface area contributed by atoms with Crippen LogP contribution < -0.4 is 0 Å². The molecule has 17 heavy (non-hydrogen) atoms. The molecule has 0 aromatic rings. The first-order chi connectivity index (χ1) is 8.10. The fourth-order valence-electron chi connectivity index (χ4n) is 2.83. The van der Waals surface area contributed by atoms with Crippen LogP contribution >= 0.6 is 0 Å². The number of hydrogen-bond acceptors (Lipinski definition) is 2. The van der Waals surface area contributed by atoms with Gasteiger partial charge in [0, 0.05) is 0 Å². The lowest BCUT2D eigenvalue weighted by Gasteiger charge is -2.28. The largest absolute Gasteiger partial charge is 0.466 e. The minimum atomic E-state index is -0.0135. The lowest BCUT2D eigenvalue weighted by Crippen LogP contribution is -2.22. The van der Waals surface area contributed by atoms with Crippen molar-refractivity contribution in [3.63, 3.8) is 0 Å². The molecule has 0 aliphatic heterocycles. The average molecular weight is 238 g/mol. The van der Waals surface area contributed by atoms with E-state index in [1.54, 1.807) is 5.57 Å². The van der Waals surface area contributed by atoms with E-state index in [1.807, 2.05) is 6.92 Å². The molecule has 1 aliphatic rings. The van der Waals surface area contributed by atoms with E-state index >= 15 is 0 Å². The normalized spacial score (nSPS) is 22.2. The van der Waals surface area contributed by atoms with Gasteiger partial charge in [-0.1, -0.05) is 32.4 Å². The van der Waals surface area contributed by atoms with Crippen molar-refractivity contribution in [1.29, 1.82) is 0 Å². The minimum absolute atomic E-state index is 0.0135. The lowest BCUT2D eigenvalue weighted by atomic mass is 9.78. The molecule has 0 fully saturated rings. The molecule has 0 radical (unpaired) electrons. The number of hydrogen-bond donors (Lipinski definition) is 0. The van der Waals surface area contributed by atoms with Gasteiger partial charge in [0.25, 0.3) is 0 Å². The zero-order valence-electron chi connectivity index (χ0n) is 11.7. The predicted octanol–water partition coefficient (Wildman–Crippen LogP) is 3.96. The van der Waals surface area contributed by atoms with Crippen LogP contribution in [0.2, 0.25) is 0 Å². The fraction of sp³-hybridized carbons (Fsp3) is 0.800. The van der Waals surface area contributed by atoms with Gasteiger partial charge in [-0.25, -0.2) is 0 Å².